The molecule has 0 N–H and O–H groups in total. The van der Waals surface area contributed by atoms with Gasteiger partial charge in [-0.1, -0.05) is 48.9 Å². The first-order valence-electron chi connectivity index (χ1n) is 11.3. The minimum Gasteiger partial charge on any atom is -0.493 e. The molecule has 31 heavy (non-hydrogen) atoms. The van der Waals surface area contributed by atoms with Gasteiger partial charge < -0.3 is 14.3 Å². The van der Waals surface area contributed by atoms with Gasteiger partial charge in [-0.25, -0.2) is 0 Å². The predicted octanol–water partition coefficient (Wildman–Crippen LogP) is 6.81. The first-order valence-corrected chi connectivity index (χ1v) is 11.3. The van der Waals surface area contributed by atoms with E-state index < -0.39 is 0 Å². The number of ether oxygens (including phenoxy) is 2. The Morgan fingerprint density at radius 1 is 1.03 bits per heavy atom. The fourth-order valence-corrected chi connectivity index (χ4v) is 3.52. The summed E-state index contributed by atoms with van der Waals surface area (Å²) in [5.41, 5.74) is 5.67. The summed E-state index contributed by atoms with van der Waals surface area (Å²) in [5.74, 6) is 1.84. The van der Waals surface area contributed by atoms with Gasteiger partial charge in [-0.2, -0.15) is 0 Å². The van der Waals surface area contributed by atoms with Crippen molar-refractivity contribution in [1.29, 1.82) is 0 Å². The van der Waals surface area contributed by atoms with Crippen LogP contribution in [0.1, 0.15) is 61.8 Å². The molecule has 0 saturated heterocycles. The Morgan fingerprint density at radius 2 is 1.81 bits per heavy atom. The summed E-state index contributed by atoms with van der Waals surface area (Å²) in [4.78, 5) is 5.06. The van der Waals surface area contributed by atoms with E-state index in [1.165, 1.54) is 5.56 Å². The quantitative estimate of drug-likeness (QED) is 0.154. The van der Waals surface area contributed by atoms with Crippen LogP contribution in [0.15, 0.2) is 53.7 Å². The van der Waals surface area contributed by atoms with Gasteiger partial charge in [0, 0.05) is 0 Å². The van der Waals surface area contributed by atoms with E-state index in [0.717, 1.165) is 66.0 Å². The monoisotopic (exact) mass is 423 g/mol. The second kappa shape index (κ2) is 13.5. The minimum absolute atomic E-state index is 0.587. The van der Waals surface area contributed by atoms with Crippen LogP contribution in [0.4, 0.5) is 0 Å². The summed E-state index contributed by atoms with van der Waals surface area (Å²) < 4.78 is 11.9. The average Bonchev–Trinajstić information content (AvgIpc) is 2.76. The molecular weight excluding hydrogens is 386 g/mol. The van der Waals surface area contributed by atoms with E-state index in [2.05, 4.69) is 50.2 Å². The predicted molar refractivity (Wildman–Crippen MR) is 130 cm³/mol. The lowest BCUT2D eigenvalue weighted by Gasteiger charge is -2.14. The highest BCUT2D eigenvalue weighted by Crippen LogP contribution is 2.28. The van der Waals surface area contributed by atoms with Crippen molar-refractivity contribution in [3.8, 4) is 11.5 Å². The highest BCUT2D eigenvalue weighted by molar-refractivity contribution is 6.00. The van der Waals surface area contributed by atoms with Gasteiger partial charge in [0.15, 0.2) is 0 Å². The van der Waals surface area contributed by atoms with Gasteiger partial charge in [0.1, 0.15) is 25.2 Å². The third kappa shape index (κ3) is 8.12. The van der Waals surface area contributed by atoms with Crippen molar-refractivity contribution in [3.05, 3.63) is 70.8 Å². The Labute approximate surface area is 187 Å². The zero-order chi connectivity index (χ0) is 22.5. The van der Waals surface area contributed by atoms with Gasteiger partial charge >= 0.3 is 0 Å². The van der Waals surface area contributed by atoms with Crippen LogP contribution in [0.3, 0.4) is 0 Å². The summed E-state index contributed by atoms with van der Waals surface area (Å²) in [6.45, 7) is 9.59. The van der Waals surface area contributed by atoms with Crippen LogP contribution in [0.2, 0.25) is 0 Å². The van der Waals surface area contributed by atoms with Gasteiger partial charge in [-0.15, -0.1) is 0 Å². The fraction of sp³-hybridized carbons (Fsp3) is 0.444. The van der Waals surface area contributed by atoms with E-state index in [9.17, 15) is 0 Å². The maximum absolute atomic E-state index is 6.13. The van der Waals surface area contributed by atoms with Crippen LogP contribution >= 0.6 is 0 Å². The van der Waals surface area contributed by atoms with Crippen molar-refractivity contribution in [3.63, 3.8) is 0 Å². The lowest BCUT2D eigenvalue weighted by molar-refractivity contribution is 0.212. The molecule has 0 heterocycles. The number of rotatable bonds is 13. The second-order valence-corrected chi connectivity index (χ2v) is 7.74. The molecule has 0 saturated carbocycles. The molecule has 0 amide bonds. The largest absolute Gasteiger partial charge is 0.493 e. The summed E-state index contributed by atoms with van der Waals surface area (Å²) >= 11 is 0. The van der Waals surface area contributed by atoms with Crippen molar-refractivity contribution in [2.75, 3.05) is 20.3 Å². The first-order chi connectivity index (χ1) is 15.1. The Balaban J connectivity index is 1.92. The molecular formula is C27H37NO3. The number of hydrogen-bond donors (Lipinski definition) is 0. The molecule has 0 aliphatic carbocycles. The molecule has 4 heteroatoms. The van der Waals surface area contributed by atoms with Crippen LogP contribution < -0.4 is 9.47 Å². The molecule has 2 aromatic rings. The second-order valence-electron chi connectivity index (χ2n) is 7.74. The summed E-state index contributed by atoms with van der Waals surface area (Å²) in [6.07, 6.45) is 9.09. The normalized spacial score (nSPS) is 11.7. The molecule has 2 rings (SSSR count). The van der Waals surface area contributed by atoms with Crippen molar-refractivity contribution >= 4 is 5.71 Å². The Hall–Kier alpha value is -2.75. The standard InChI is InChI=1S/C27H37NO3/c1-6-8-15-26(28-29-5)24-14-10-12-23(20-24)13-11-17-31-27-21(3)18-25(19-22(27)4)30-16-9-7-2/h7,9-10,12,14,18-20H,6,8,11,13,15-17H2,1-5H3/b9-7+,28-26?. The zero-order valence-electron chi connectivity index (χ0n) is 19.7. The average molecular weight is 424 g/mol. The topological polar surface area (TPSA) is 40.0 Å². The van der Waals surface area contributed by atoms with E-state index in [-0.39, 0.29) is 0 Å². The smallest absolute Gasteiger partial charge is 0.125 e. The number of oxime groups is 1. The Kier molecular flexibility index (Phi) is 10.7. The van der Waals surface area contributed by atoms with Gasteiger partial charge in [0.25, 0.3) is 0 Å². The van der Waals surface area contributed by atoms with E-state index in [1.54, 1.807) is 7.11 Å². The van der Waals surface area contributed by atoms with Crippen LogP contribution in [-0.4, -0.2) is 26.0 Å². The maximum Gasteiger partial charge on any atom is 0.125 e. The fourth-order valence-electron chi connectivity index (χ4n) is 3.52. The van der Waals surface area contributed by atoms with Crippen LogP contribution in [-0.2, 0) is 11.3 Å². The summed E-state index contributed by atoms with van der Waals surface area (Å²) in [5, 5.41) is 4.24. The highest BCUT2D eigenvalue weighted by atomic mass is 16.6. The van der Waals surface area contributed by atoms with E-state index in [4.69, 9.17) is 14.3 Å². The molecule has 0 unspecified atom stereocenters. The number of allylic oxidation sites excluding steroid dienone is 1. The van der Waals surface area contributed by atoms with Crippen LogP contribution in [0.5, 0.6) is 11.5 Å². The number of aryl methyl sites for hydroxylation is 3. The summed E-state index contributed by atoms with van der Waals surface area (Å²) in [6, 6.07) is 12.7. The minimum atomic E-state index is 0.587. The molecule has 0 spiro atoms. The lowest BCUT2D eigenvalue weighted by Crippen LogP contribution is -2.05. The van der Waals surface area contributed by atoms with Crippen molar-refractivity contribution in [2.24, 2.45) is 5.16 Å². The van der Waals surface area contributed by atoms with E-state index >= 15 is 0 Å². The van der Waals surface area contributed by atoms with Crippen molar-refractivity contribution in [2.45, 2.75) is 59.8 Å². The third-order valence-corrected chi connectivity index (χ3v) is 5.10. The molecule has 0 aliphatic heterocycles. The van der Waals surface area contributed by atoms with E-state index in [1.807, 2.05) is 31.2 Å². The number of unbranched alkanes of at least 4 members (excludes halogenated alkanes) is 1. The number of nitrogens with zero attached hydrogens (tertiary/aromatic N) is 1. The van der Waals surface area contributed by atoms with E-state index in [0.29, 0.717) is 13.2 Å². The highest BCUT2D eigenvalue weighted by Gasteiger charge is 2.08. The molecule has 4 nitrogen and oxygen atoms in total. The molecule has 0 fully saturated rings. The van der Waals surface area contributed by atoms with Crippen molar-refractivity contribution in [1.82, 2.24) is 0 Å². The maximum atomic E-state index is 6.13. The molecule has 0 aromatic heterocycles. The lowest BCUT2D eigenvalue weighted by atomic mass is 10.0. The SMILES string of the molecule is C/C=C/COc1cc(C)c(OCCCc2cccc(C(CCCC)=NOC)c2)c(C)c1. The molecule has 0 bridgehead atoms. The van der Waals surface area contributed by atoms with Gasteiger partial charge in [-0.05, 0) is 86.9 Å². The van der Waals surface area contributed by atoms with Gasteiger partial charge in [0.05, 0.1) is 12.3 Å². The Morgan fingerprint density at radius 3 is 2.48 bits per heavy atom. The number of hydrogen-bond acceptors (Lipinski definition) is 4. The van der Waals surface area contributed by atoms with Crippen LogP contribution in [0, 0.1) is 13.8 Å². The van der Waals surface area contributed by atoms with Crippen molar-refractivity contribution < 1.29 is 14.3 Å². The zero-order valence-corrected chi connectivity index (χ0v) is 19.7. The summed E-state index contributed by atoms with van der Waals surface area (Å²) in [7, 11) is 1.61. The molecule has 2 aromatic carbocycles. The third-order valence-electron chi connectivity index (χ3n) is 5.10. The molecule has 0 atom stereocenters. The molecule has 0 radical (unpaired) electrons. The first kappa shape index (κ1) is 24.5. The molecule has 168 valence electrons. The molecule has 0 aliphatic rings. The van der Waals surface area contributed by atoms with Gasteiger partial charge in [-0.3, -0.25) is 0 Å². The van der Waals surface area contributed by atoms with Crippen LogP contribution in [0.25, 0.3) is 0 Å². The van der Waals surface area contributed by atoms with Gasteiger partial charge in [0.2, 0.25) is 0 Å². The Bertz CT molecular complexity index is 848. The number of benzene rings is 2.